The van der Waals surface area contributed by atoms with E-state index in [4.69, 9.17) is 9.47 Å². The molecule has 1 heterocycles. The SMILES string of the molecule is CCOC(=O)c1[nH]c(C)c(C(=O)C(C)NCCOC)c1C. The average Bonchev–Trinajstić information content (AvgIpc) is 2.73. The Kier molecular flexibility index (Phi) is 6.58. The molecule has 0 aliphatic heterocycles. The van der Waals surface area contributed by atoms with E-state index in [0.717, 1.165) is 0 Å². The molecule has 118 valence electrons. The maximum atomic E-state index is 12.5. The van der Waals surface area contributed by atoms with Crippen LogP contribution in [0, 0.1) is 13.8 Å². The number of hydrogen-bond donors (Lipinski definition) is 2. The summed E-state index contributed by atoms with van der Waals surface area (Å²) in [5.74, 6) is -0.481. The molecule has 0 bridgehead atoms. The van der Waals surface area contributed by atoms with Crippen LogP contribution < -0.4 is 5.32 Å². The lowest BCUT2D eigenvalue weighted by atomic mass is 10.0. The van der Waals surface area contributed by atoms with E-state index in [-0.39, 0.29) is 11.8 Å². The minimum Gasteiger partial charge on any atom is -0.461 e. The summed E-state index contributed by atoms with van der Waals surface area (Å²) < 4.78 is 9.93. The van der Waals surface area contributed by atoms with Crippen LogP contribution in [0.5, 0.6) is 0 Å². The lowest BCUT2D eigenvalue weighted by molar-refractivity contribution is 0.0519. The molecule has 1 aromatic heterocycles. The summed E-state index contributed by atoms with van der Waals surface area (Å²) in [6.45, 7) is 8.52. The molecule has 0 amide bonds. The van der Waals surface area contributed by atoms with E-state index in [1.54, 1.807) is 34.8 Å². The first kappa shape index (κ1) is 17.4. The molecule has 1 aromatic rings. The number of nitrogens with one attached hydrogen (secondary N) is 2. The highest BCUT2D eigenvalue weighted by Crippen LogP contribution is 2.20. The van der Waals surface area contributed by atoms with Gasteiger partial charge in [-0.15, -0.1) is 0 Å². The maximum absolute atomic E-state index is 12.5. The van der Waals surface area contributed by atoms with Crippen LogP contribution in [0.2, 0.25) is 0 Å². The summed E-state index contributed by atoms with van der Waals surface area (Å²) in [7, 11) is 1.61. The number of aryl methyl sites for hydroxylation is 1. The molecule has 0 aromatic carbocycles. The number of hydrogen-bond acceptors (Lipinski definition) is 5. The van der Waals surface area contributed by atoms with E-state index >= 15 is 0 Å². The van der Waals surface area contributed by atoms with Gasteiger partial charge in [0.2, 0.25) is 0 Å². The fraction of sp³-hybridized carbons (Fsp3) is 0.600. The van der Waals surface area contributed by atoms with E-state index in [0.29, 0.717) is 42.3 Å². The fourth-order valence-corrected chi connectivity index (χ4v) is 2.21. The first-order valence-electron chi connectivity index (χ1n) is 7.06. The number of aromatic amines is 1. The second-order valence-electron chi connectivity index (χ2n) is 4.88. The highest BCUT2D eigenvalue weighted by atomic mass is 16.5. The Morgan fingerprint density at radius 1 is 1.33 bits per heavy atom. The molecule has 21 heavy (non-hydrogen) atoms. The molecule has 1 rings (SSSR count). The molecule has 0 radical (unpaired) electrons. The number of aromatic nitrogens is 1. The predicted octanol–water partition coefficient (Wildman–Crippen LogP) is 1.62. The Morgan fingerprint density at radius 3 is 2.57 bits per heavy atom. The molecule has 1 unspecified atom stereocenters. The smallest absolute Gasteiger partial charge is 0.355 e. The van der Waals surface area contributed by atoms with E-state index in [1.165, 1.54) is 0 Å². The monoisotopic (exact) mass is 296 g/mol. The maximum Gasteiger partial charge on any atom is 0.355 e. The van der Waals surface area contributed by atoms with Crippen molar-refractivity contribution < 1.29 is 19.1 Å². The van der Waals surface area contributed by atoms with Crippen LogP contribution in [0.1, 0.15) is 46.0 Å². The van der Waals surface area contributed by atoms with E-state index < -0.39 is 5.97 Å². The Balaban J connectivity index is 2.92. The third kappa shape index (κ3) is 4.15. The highest BCUT2D eigenvalue weighted by Gasteiger charge is 2.25. The molecule has 0 aliphatic rings. The Hall–Kier alpha value is -1.66. The number of ketones is 1. The van der Waals surface area contributed by atoms with Crippen molar-refractivity contribution in [2.75, 3.05) is 26.9 Å². The highest BCUT2D eigenvalue weighted by molar-refractivity contribution is 6.05. The normalized spacial score (nSPS) is 12.2. The van der Waals surface area contributed by atoms with Crippen LogP contribution in [0.15, 0.2) is 0 Å². The summed E-state index contributed by atoms with van der Waals surface area (Å²) in [5, 5.41) is 3.10. The van der Waals surface area contributed by atoms with Crippen molar-refractivity contribution in [3.05, 3.63) is 22.5 Å². The number of carbonyl (C=O) groups is 2. The van der Waals surface area contributed by atoms with Crippen molar-refractivity contribution in [3.63, 3.8) is 0 Å². The van der Waals surface area contributed by atoms with Crippen LogP contribution in [0.25, 0.3) is 0 Å². The first-order valence-corrected chi connectivity index (χ1v) is 7.06. The molecule has 6 heteroatoms. The number of carbonyl (C=O) groups excluding carboxylic acids is 2. The Bertz CT molecular complexity index is 508. The fourth-order valence-electron chi connectivity index (χ4n) is 2.21. The van der Waals surface area contributed by atoms with Crippen molar-refractivity contribution >= 4 is 11.8 Å². The summed E-state index contributed by atoms with van der Waals surface area (Å²) in [4.78, 5) is 27.3. The number of esters is 1. The van der Waals surface area contributed by atoms with Crippen LogP contribution >= 0.6 is 0 Å². The molecule has 1 atom stereocenters. The summed E-state index contributed by atoms with van der Waals surface area (Å²) in [6.07, 6.45) is 0. The van der Waals surface area contributed by atoms with Gasteiger partial charge in [-0.25, -0.2) is 4.79 Å². The predicted molar refractivity (Wildman–Crippen MR) is 79.9 cm³/mol. The third-order valence-electron chi connectivity index (χ3n) is 3.31. The van der Waals surface area contributed by atoms with Crippen LogP contribution in [0.4, 0.5) is 0 Å². The van der Waals surface area contributed by atoms with Crippen molar-refractivity contribution in [2.45, 2.75) is 33.7 Å². The Labute approximate surface area is 125 Å². The topological polar surface area (TPSA) is 80.4 Å². The first-order chi connectivity index (χ1) is 9.93. The van der Waals surface area contributed by atoms with Crippen molar-refractivity contribution in [1.29, 1.82) is 0 Å². The zero-order chi connectivity index (χ0) is 16.0. The van der Waals surface area contributed by atoms with Gasteiger partial charge in [-0.05, 0) is 33.3 Å². The third-order valence-corrected chi connectivity index (χ3v) is 3.31. The molecule has 0 fully saturated rings. The number of rotatable bonds is 8. The van der Waals surface area contributed by atoms with Crippen LogP contribution in [-0.2, 0) is 9.47 Å². The molecule has 0 saturated carbocycles. The van der Waals surface area contributed by atoms with Crippen molar-refractivity contribution in [3.8, 4) is 0 Å². The quantitative estimate of drug-likeness (QED) is 0.433. The van der Waals surface area contributed by atoms with Gasteiger partial charge in [0, 0.05) is 24.9 Å². The van der Waals surface area contributed by atoms with Gasteiger partial charge in [0.05, 0.1) is 19.3 Å². The van der Waals surface area contributed by atoms with Gasteiger partial charge < -0.3 is 19.8 Å². The summed E-state index contributed by atoms with van der Waals surface area (Å²) in [6, 6.07) is -0.344. The lowest BCUT2D eigenvalue weighted by Gasteiger charge is -2.13. The zero-order valence-corrected chi connectivity index (χ0v) is 13.3. The minimum absolute atomic E-state index is 0.0482. The van der Waals surface area contributed by atoms with E-state index in [9.17, 15) is 9.59 Å². The Morgan fingerprint density at radius 2 is 2.00 bits per heavy atom. The van der Waals surface area contributed by atoms with Gasteiger partial charge >= 0.3 is 5.97 Å². The van der Waals surface area contributed by atoms with Gasteiger partial charge in [-0.1, -0.05) is 0 Å². The largest absolute Gasteiger partial charge is 0.461 e. The molecule has 6 nitrogen and oxygen atoms in total. The van der Waals surface area contributed by atoms with E-state index in [2.05, 4.69) is 10.3 Å². The zero-order valence-electron chi connectivity index (χ0n) is 13.3. The van der Waals surface area contributed by atoms with Gasteiger partial charge in [-0.3, -0.25) is 4.79 Å². The number of methoxy groups -OCH3 is 1. The number of H-pyrrole nitrogens is 1. The molecule has 0 spiro atoms. The van der Waals surface area contributed by atoms with E-state index in [1.807, 2.05) is 0 Å². The van der Waals surface area contributed by atoms with Crippen LogP contribution in [0.3, 0.4) is 0 Å². The summed E-state index contributed by atoms with van der Waals surface area (Å²) in [5.41, 5.74) is 2.22. The second kappa shape index (κ2) is 7.95. The van der Waals surface area contributed by atoms with Gasteiger partial charge in [0.25, 0.3) is 0 Å². The molecular formula is C15H24N2O4. The standard InChI is InChI=1S/C15H24N2O4/c1-6-21-15(19)13-9(2)12(10(3)17-13)14(18)11(4)16-7-8-20-5/h11,16-17H,6-8H2,1-5H3. The lowest BCUT2D eigenvalue weighted by Crippen LogP contribution is -2.36. The van der Waals surface area contributed by atoms with Crippen molar-refractivity contribution in [2.24, 2.45) is 0 Å². The second-order valence-corrected chi connectivity index (χ2v) is 4.88. The minimum atomic E-state index is -0.433. The molecule has 0 saturated heterocycles. The molecule has 2 N–H and O–H groups in total. The summed E-state index contributed by atoms with van der Waals surface area (Å²) >= 11 is 0. The number of Topliss-reactive ketones (excluding diaryl/α,β-unsaturated/α-hetero) is 1. The van der Waals surface area contributed by atoms with Crippen LogP contribution in [-0.4, -0.2) is 49.6 Å². The molecule has 0 aliphatic carbocycles. The van der Waals surface area contributed by atoms with Crippen molar-refractivity contribution in [1.82, 2.24) is 10.3 Å². The molecular weight excluding hydrogens is 272 g/mol. The van der Waals surface area contributed by atoms with Gasteiger partial charge in [0.1, 0.15) is 5.69 Å². The average molecular weight is 296 g/mol. The van der Waals surface area contributed by atoms with Gasteiger partial charge in [-0.2, -0.15) is 0 Å². The number of ether oxygens (including phenoxy) is 2. The van der Waals surface area contributed by atoms with Gasteiger partial charge in [0.15, 0.2) is 5.78 Å².